The van der Waals surface area contributed by atoms with E-state index >= 15 is 0 Å². The van der Waals surface area contributed by atoms with E-state index < -0.39 is 10.0 Å². The quantitative estimate of drug-likeness (QED) is 0.824. The lowest BCUT2D eigenvalue weighted by molar-refractivity contribution is -0.117. The molecule has 0 unspecified atom stereocenters. The largest absolute Gasteiger partial charge is 0.369 e. The van der Waals surface area contributed by atoms with Gasteiger partial charge in [-0.15, -0.1) is 0 Å². The standard InChI is InChI=1S/C16H23N3O3S/c1-3-10-23(21,22)19-8-6-18(7-9-19)14-4-5-15-13(11-14)12-16(20)17(15)2/h4-5,11H,3,6-10,12H2,1-2H3. The van der Waals surface area contributed by atoms with Crippen LogP contribution in [0.1, 0.15) is 18.9 Å². The van der Waals surface area contributed by atoms with Crippen molar-refractivity contribution in [2.24, 2.45) is 0 Å². The maximum atomic E-state index is 12.1. The van der Waals surface area contributed by atoms with E-state index in [4.69, 9.17) is 0 Å². The lowest BCUT2D eigenvalue weighted by Crippen LogP contribution is -2.49. The molecule has 2 aliphatic rings. The Morgan fingerprint density at radius 2 is 1.83 bits per heavy atom. The third kappa shape index (κ3) is 3.07. The first-order valence-electron chi connectivity index (χ1n) is 8.04. The van der Waals surface area contributed by atoms with Crippen LogP contribution in [-0.4, -0.2) is 57.6 Å². The van der Waals surface area contributed by atoms with Crippen LogP contribution in [0.3, 0.4) is 0 Å². The SMILES string of the molecule is CCCS(=O)(=O)N1CCN(c2ccc3c(c2)CC(=O)N3C)CC1. The van der Waals surface area contributed by atoms with E-state index in [1.807, 2.05) is 19.1 Å². The van der Waals surface area contributed by atoms with Crippen molar-refractivity contribution in [3.05, 3.63) is 23.8 Å². The van der Waals surface area contributed by atoms with Crippen LogP contribution in [0.4, 0.5) is 11.4 Å². The van der Waals surface area contributed by atoms with Crippen LogP contribution in [0.25, 0.3) is 0 Å². The lowest BCUT2D eigenvalue weighted by Gasteiger charge is -2.35. The second-order valence-electron chi connectivity index (χ2n) is 6.14. The molecule has 0 radical (unpaired) electrons. The molecule has 23 heavy (non-hydrogen) atoms. The zero-order valence-electron chi connectivity index (χ0n) is 13.7. The molecule has 0 N–H and O–H groups in total. The van der Waals surface area contributed by atoms with Gasteiger partial charge in [-0.05, 0) is 30.2 Å². The van der Waals surface area contributed by atoms with Gasteiger partial charge < -0.3 is 9.80 Å². The van der Waals surface area contributed by atoms with E-state index in [-0.39, 0.29) is 11.7 Å². The number of nitrogens with zero attached hydrogens (tertiary/aromatic N) is 3. The number of carbonyl (C=O) groups excluding carboxylic acids is 1. The van der Waals surface area contributed by atoms with Gasteiger partial charge in [0.1, 0.15) is 0 Å². The van der Waals surface area contributed by atoms with Crippen molar-refractivity contribution >= 4 is 27.3 Å². The Morgan fingerprint density at radius 1 is 1.13 bits per heavy atom. The first-order chi connectivity index (χ1) is 10.9. The van der Waals surface area contributed by atoms with E-state index in [1.54, 1.807) is 16.3 Å². The van der Waals surface area contributed by atoms with Gasteiger partial charge in [-0.3, -0.25) is 4.79 Å². The Kier molecular flexibility index (Phi) is 4.33. The Morgan fingerprint density at radius 3 is 2.48 bits per heavy atom. The average Bonchev–Trinajstić information content (AvgIpc) is 2.82. The molecule has 1 amide bonds. The van der Waals surface area contributed by atoms with Crippen LogP contribution in [0.15, 0.2) is 18.2 Å². The van der Waals surface area contributed by atoms with Crippen LogP contribution in [0.2, 0.25) is 0 Å². The first kappa shape index (κ1) is 16.3. The molecule has 126 valence electrons. The lowest BCUT2D eigenvalue weighted by atomic mass is 10.1. The molecule has 0 saturated carbocycles. The van der Waals surface area contributed by atoms with E-state index in [9.17, 15) is 13.2 Å². The van der Waals surface area contributed by atoms with Crippen LogP contribution < -0.4 is 9.80 Å². The summed E-state index contributed by atoms with van der Waals surface area (Å²) in [5.74, 6) is 0.341. The molecule has 0 bridgehead atoms. The topological polar surface area (TPSA) is 60.9 Å². The molecule has 0 atom stereocenters. The van der Waals surface area contributed by atoms with Crippen molar-refractivity contribution in [2.75, 3.05) is 48.8 Å². The van der Waals surface area contributed by atoms with Gasteiger partial charge in [-0.1, -0.05) is 6.92 Å². The van der Waals surface area contributed by atoms with Crippen LogP contribution >= 0.6 is 0 Å². The predicted molar refractivity (Wildman–Crippen MR) is 91.4 cm³/mol. The van der Waals surface area contributed by atoms with Gasteiger partial charge in [-0.25, -0.2) is 8.42 Å². The normalized spacial score (nSPS) is 19.3. The number of likely N-dealkylation sites (N-methyl/N-ethyl adjacent to an activating group) is 1. The summed E-state index contributed by atoms with van der Waals surface area (Å²) in [5, 5.41) is 0. The van der Waals surface area contributed by atoms with E-state index in [0.29, 0.717) is 39.0 Å². The summed E-state index contributed by atoms with van der Waals surface area (Å²) < 4.78 is 25.8. The molecule has 1 aromatic rings. The average molecular weight is 337 g/mol. The maximum Gasteiger partial charge on any atom is 0.231 e. The highest BCUT2D eigenvalue weighted by Gasteiger charge is 2.28. The maximum absolute atomic E-state index is 12.1. The zero-order chi connectivity index (χ0) is 16.6. The Hall–Kier alpha value is -1.60. The fourth-order valence-electron chi connectivity index (χ4n) is 3.26. The molecule has 0 spiro atoms. The second-order valence-corrected chi connectivity index (χ2v) is 8.23. The number of hydrogen-bond donors (Lipinski definition) is 0. The van der Waals surface area contributed by atoms with E-state index in [1.165, 1.54) is 0 Å². The third-order valence-corrected chi connectivity index (χ3v) is 6.68. The number of piperazine rings is 1. The minimum Gasteiger partial charge on any atom is -0.369 e. The van der Waals surface area contributed by atoms with Gasteiger partial charge in [0.15, 0.2) is 0 Å². The molecule has 1 fully saturated rings. The molecule has 2 aliphatic heterocycles. The van der Waals surface area contributed by atoms with Crippen molar-refractivity contribution < 1.29 is 13.2 Å². The highest BCUT2D eigenvalue weighted by atomic mass is 32.2. The number of hydrogen-bond acceptors (Lipinski definition) is 4. The van der Waals surface area contributed by atoms with Crippen LogP contribution in [0.5, 0.6) is 0 Å². The van der Waals surface area contributed by atoms with Gasteiger partial charge in [0.2, 0.25) is 15.9 Å². The number of rotatable bonds is 4. The number of carbonyl (C=O) groups is 1. The second kappa shape index (κ2) is 6.13. The predicted octanol–water partition coefficient (Wildman–Crippen LogP) is 1.07. The van der Waals surface area contributed by atoms with Gasteiger partial charge in [0.25, 0.3) is 0 Å². The molecule has 2 heterocycles. The van der Waals surface area contributed by atoms with Gasteiger partial charge >= 0.3 is 0 Å². The van der Waals surface area contributed by atoms with Crippen molar-refractivity contribution in [3.8, 4) is 0 Å². The fourth-order valence-corrected chi connectivity index (χ4v) is 4.76. The van der Waals surface area contributed by atoms with Crippen molar-refractivity contribution in [2.45, 2.75) is 19.8 Å². The Labute approximate surface area is 137 Å². The zero-order valence-corrected chi connectivity index (χ0v) is 14.5. The molecule has 7 heteroatoms. The molecule has 3 rings (SSSR count). The molecule has 0 aliphatic carbocycles. The van der Waals surface area contributed by atoms with Crippen molar-refractivity contribution in [3.63, 3.8) is 0 Å². The molecule has 0 aromatic heterocycles. The van der Waals surface area contributed by atoms with Gasteiger partial charge in [0.05, 0.1) is 12.2 Å². The van der Waals surface area contributed by atoms with Gasteiger partial charge in [-0.2, -0.15) is 4.31 Å². The summed E-state index contributed by atoms with van der Waals surface area (Å²) in [5.41, 5.74) is 3.10. The summed E-state index contributed by atoms with van der Waals surface area (Å²) in [6, 6.07) is 6.06. The van der Waals surface area contributed by atoms with Gasteiger partial charge in [0, 0.05) is 44.6 Å². The molecule has 1 saturated heterocycles. The molecule has 6 nitrogen and oxygen atoms in total. The summed E-state index contributed by atoms with van der Waals surface area (Å²) in [6.45, 7) is 4.31. The fraction of sp³-hybridized carbons (Fsp3) is 0.562. The van der Waals surface area contributed by atoms with E-state index in [0.717, 1.165) is 16.9 Å². The summed E-state index contributed by atoms with van der Waals surface area (Å²) in [6.07, 6.45) is 1.10. The number of benzene rings is 1. The van der Waals surface area contributed by atoms with Crippen LogP contribution in [0, 0.1) is 0 Å². The number of amides is 1. The molecular weight excluding hydrogens is 314 g/mol. The number of fused-ring (bicyclic) bond motifs is 1. The molecule has 1 aromatic carbocycles. The summed E-state index contributed by atoms with van der Waals surface area (Å²) in [4.78, 5) is 15.7. The van der Waals surface area contributed by atoms with Crippen molar-refractivity contribution in [1.29, 1.82) is 0 Å². The Bertz CT molecular complexity index is 709. The molecular formula is C16H23N3O3S. The minimum absolute atomic E-state index is 0.118. The smallest absolute Gasteiger partial charge is 0.231 e. The summed E-state index contributed by atoms with van der Waals surface area (Å²) in [7, 11) is -1.31. The van der Waals surface area contributed by atoms with E-state index in [2.05, 4.69) is 11.0 Å². The monoisotopic (exact) mass is 337 g/mol. The third-order valence-electron chi connectivity index (χ3n) is 4.60. The number of sulfonamides is 1. The highest BCUT2D eigenvalue weighted by Crippen LogP contribution is 2.31. The minimum atomic E-state index is -3.11. The summed E-state index contributed by atoms with van der Waals surface area (Å²) >= 11 is 0. The Balaban J connectivity index is 1.70. The highest BCUT2D eigenvalue weighted by molar-refractivity contribution is 7.89. The number of anilines is 2. The van der Waals surface area contributed by atoms with Crippen molar-refractivity contribution in [1.82, 2.24) is 4.31 Å². The van der Waals surface area contributed by atoms with Crippen LogP contribution in [-0.2, 0) is 21.2 Å². The first-order valence-corrected chi connectivity index (χ1v) is 9.65.